The fourth-order valence-corrected chi connectivity index (χ4v) is 4.28. The largest absolute Gasteiger partial charge is 0.463 e. The summed E-state index contributed by atoms with van der Waals surface area (Å²) < 4.78 is 5.40. The summed E-state index contributed by atoms with van der Waals surface area (Å²) in [6.45, 7) is 2.01. The minimum Gasteiger partial charge on any atom is -0.463 e. The molecule has 2 aromatic carbocycles. The van der Waals surface area contributed by atoms with Crippen LogP contribution in [-0.4, -0.2) is 22.6 Å². The zero-order valence-corrected chi connectivity index (χ0v) is 16.5. The van der Waals surface area contributed by atoms with E-state index < -0.39 is 12.0 Å². The Morgan fingerprint density at radius 2 is 1.86 bits per heavy atom. The van der Waals surface area contributed by atoms with Gasteiger partial charge in [-0.1, -0.05) is 60.7 Å². The molecule has 0 radical (unpaired) electrons. The fraction of sp³-hybridized carbons (Fsp3) is 0.136. The molecule has 7 heteroatoms. The first-order valence-corrected chi connectivity index (χ1v) is 9.94. The van der Waals surface area contributed by atoms with Gasteiger partial charge in [0.25, 0.3) is 0 Å². The molecular formula is C22H18N4O2S. The Labute approximate surface area is 173 Å². The summed E-state index contributed by atoms with van der Waals surface area (Å²) in [5.74, 6) is -0.162. The minimum absolute atomic E-state index is 0.242. The van der Waals surface area contributed by atoms with Crippen molar-refractivity contribution in [2.75, 3.05) is 6.61 Å². The lowest BCUT2D eigenvalue weighted by molar-refractivity contribution is -0.139. The number of carbonyl (C=O) groups excluding carboxylic acids is 1. The maximum Gasteiger partial charge on any atom is 0.338 e. The van der Waals surface area contributed by atoms with Gasteiger partial charge in [0.15, 0.2) is 5.17 Å². The van der Waals surface area contributed by atoms with Crippen molar-refractivity contribution < 1.29 is 9.53 Å². The number of nitrogens with zero attached hydrogens (tertiary/aromatic N) is 3. The average Bonchev–Trinajstić information content (AvgIpc) is 3.09. The number of allylic oxidation sites excluding steroid dienone is 1. The number of nitriles is 1. The van der Waals surface area contributed by atoms with Crippen molar-refractivity contribution in [3.05, 3.63) is 88.1 Å². The van der Waals surface area contributed by atoms with Crippen LogP contribution in [0.3, 0.4) is 0 Å². The van der Waals surface area contributed by atoms with Gasteiger partial charge >= 0.3 is 5.97 Å². The monoisotopic (exact) mass is 402 g/mol. The third-order valence-corrected chi connectivity index (χ3v) is 5.62. The molecule has 0 fully saturated rings. The second-order valence-corrected chi connectivity index (χ2v) is 7.33. The van der Waals surface area contributed by atoms with E-state index in [1.165, 1.54) is 11.8 Å². The van der Waals surface area contributed by atoms with Gasteiger partial charge in [0.2, 0.25) is 0 Å². The van der Waals surface area contributed by atoms with Crippen molar-refractivity contribution in [3.63, 3.8) is 0 Å². The molecule has 0 bridgehead atoms. The van der Waals surface area contributed by atoms with Crippen molar-refractivity contribution in [1.82, 2.24) is 4.90 Å². The van der Waals surface area contributed by atoms with E-state index in [1.807, 2.05) is 60.7 Å². The number of rotatable bonds is 4. The Balaban J connectivity index is 1.99. The van der Waals surface area contributed by atoms with E-state index in [0.29, 0.717) is 27.2 Å². The lowest BCUT2D eigenvalue weighted by Crippen LogP contribution is -2.38. The van der Waals surface area contributed by atoms with Crippen molar-refractivity contribution >= 4 is 28.6 Å². The van der Waals surface area contributed by atoms with Crippen molar-refractivity contribution in [3.8, 4) is 6.07 Å². The molecule has 2 N–H and O–H groups in total. The molecule has 0 unspecified atom stereocenters. The van der Waals surface area contributed by atoms with E-state index in [-0.39, 0.29) is 6.61 Å². The first kappa shape index (κ1) is 18.8. The van der Waals surface area contributed by atoms with Gasteiger partial charge in [-0.15, -0.1) is 0 Å². The molecule has 0 saturated heterocycles. The Hall–Kier alpha value is -3.50. The average molecular weight is 402 g/mol. The van der Waals surface area contributed by atoms with Gasteiger partial charge in [-0.05, 0) is 24.2 Å². The third-order valence-electron chi connectivity index (χ3n) is 4.65. The lowest BCUT2D eigenvalue weighted by Gasteiger charge is -2.35. The van der Waals surface area contributed by atoms with Crippen LogP contribution in [0.25, 0.3) is 5.70 Å². The van der Waals surface area contributed by atoms with Crippen LogP contribution in [0.2, 0.25) is 0 Å². The maximum absolute atomic E-state index is 13.1. The lowest BCUT2D eigenvalue weighted by atomic mass is 9.92. The van der Waals surface area contributed by atoms with Crippen LogP contribution >= 0.6 is 11.8 Å². The Kier molecular flexibility index (Phi) is 5.10. The highest BCUT2D eigenvalue weighted by Gasteiger charge is 2.43. The van der Waals surface area contributed by atoms with Crippen LogP contribution in [0, 0.1) is 11.3 Å². The van der Waals surface area contributed by atoms with Gasteiger partial charge in [0.05, 0.1) is 23.9 Å². The molecule has 29 heavy (non-hydrogen) atoms. The normalized spacial score (nSPS) is 18.3. The highest BCUT2D eigenvalue weighted by molar-refractivity contribution is 8.17. The number of aliphatic imine (C=N–C) groups is 1. The topological polar surface area (TPSA) is 91.7 Å². The van der Waals surface area contributed by atoms with Crippen LogP contribution < -0.4 is 5.73 Å². The van der Waals surface area contributed by atoms with E-state index >= 15 is 0 Å². The van der Waals surface area contributed by atoms with Crippen molar-refractivity contribution in [1.29, 1.82) is 5.26 Å². The van der Waals surface area contributed by atoms with Gasteiger partial charge < -0.3 is 10.5 Å². The van der Waals surface area contributed by atoms with E-state index in [2.05, 4.69) is 6.07 Å². The summed E-state index contributed by atoms with van der Waals surface area (Å²) >= 11 is 1.21. The predicted octanol–water partition coefficient (Wildman–Crippen LogP) is 3.77. The quantitative estimate of drug-likeness (QED) is 0.783. The van der Waals surface area contributed by atoms with E-state index in [0.717, 1.165) is 11.1 Å². The number of amidine groups is 1. The third kappa shape index (κ3) is 3.28. The molecule has 6 nitrogen and oxygen atoms in total. The molecule has 0 aliphatic carbocycles. The molecule has 0 amide bonds. The van der Waals surface area contributed by atoms with E-state index in [9.17, 15) is 10.1 Å². The van der Waals surface area contributed by atoms with E-state index in [4.69, 9.17) is 15.5 Å². The zero-order valence-electron chi connectivity index (χ0n) is 15.7. The van der Waals surface area contributed by atoms with Crippen LogP contribution in [0.1, 0.15) is 24.1 Å². The molecule has 2 aliphatic heterocycles. The number of carbonyl (C=O) groups is 1. The van der Waals surface area contributed by atoms with Gasteiger partial charge in [0.1, 0.15) is 16.8 Å². The summed E-state index contributed by atoms with van der Waals surface area (Å²) in [6.07, 6.45) is 0. The molecule has 4 rings (SSSR count). The van der Waals surface area contributed by atoms with Gasteiger partial charge in [-0.25, -0.2) is 9.79 Å². The SMILES string of the molecule is CCOC(=O)C1=C(c2ccccc2)N=C2SC(C#N)=C(N)N2[C@H]1c1ccccc1. The van der Waals surface area contributed by atoms with Gasteiger partial charge in [-0.3, -0.25) is 4.90 Å². The maximum atomic E-state index is 13.1. The fourth-order valence-electron chi connectivity index (χ4n) is 3.41. The molecule has 2 aromatic rings. The number of hydrogen-bond donors (Lipinski definition) is 1. The number of hydrogen-bond acceptors (Lipinski definition) is 7. The number of thioether (sulfide) groups is 1. The number of esters is 1. The van der Waals surface area contributed by atoms with Crippen molar-refractivity contribution in [2.45, 2.75) is 13.0 Å². The number of nitrogens with two attached hydrogens (primary N) is 1. The molecule has 2 aliphatic rings. The standard InChI is InChI=1S/C22H18N4O2S/c1-2-28-21(27)17-18(14-9-5-3-6-10-14)25-22-26(20(24)16(13-23)29-22)19(17)15-11-7-4-8-12-15/h3-12,19H,2,24H2,1H3/t19-/m0/s1. The summed E-state index contributed by atoms with van der Waals surface area (Å²) in [7, 11) is 0. The molecule has 1 atom stereocenters. The second-order valence-electron chi connectivity index (χ2n) is 6.35. The predicted molar refractivity (Wildman–Crippen MR) is 113 cm³/mol. The van der Waals surface area contributed by atoms with Crippen molar-refractivity contribution in [2.24, 2.45) is 10.7 Å². The number of ether oxygens (including phenoxy) is 1. The summed E-state index contributed by atoms with van der Waals surface area (Å²) in [5.41, 5.74) is 8.89. The summed E-state index contributed by atoms with van der Waals surface area (Å²) in [6, 6.07) is 20.6. The Morgan fingerprint density at radius 3 is 2.48 bits per heavy atom. The molecule has 144 valence electrons. The highest BCUT2D eigenvalue weighted by Crippen LogP contribution is 2.47. The molecule has 0 aromatic heterocycles. The molecular weight excluding hydrogens is 384 g/mol. The number of benzene rings is 2. The van der Waals surface area contributed by atoms with Gasteiger partial charge in [0, 0.05) is 5.56 Å². The Bertz CT molecular complexity index is 1080. The number of fused-ring (bicyclic) bond motifs is 1. The molecule has 2 heterocycles. The molecule has 0 spiro atoms. The first-order chi connectivity index (χ1) is 14.2. The van der Waals surface area contributed by atoms with Crippen LogP contribution in [0.15, 0.2) is 82.0 Å². The smallest absolute Gasteiger partial charge is 0.338 e. The Morgan fingerprint density at radius 1 is 1.21 bits per heavy atom. The summed E-state index contributed by atoms with van der Waals surface area (Å²) in [4.78, 5) is 20.0. The van der Waals surface area contributed by atoms with Crippen LogP contribution in [0.5, 0.6) is 0 Å². The summed E-state index contributed by atoms with van der Waals surface area (Å²) in [5, 5.41) is 10.1. The zero-order chi connectivity index (χ0) is 20.4. The minimum atomic E-state index is -0.545. The van der Waals surface area contributed by atoms with Gasteiger partial charge in [-0.2, -0.15) is 5.26 Å². The van der Waals surface area contributed by atoms with E-state index in [1.54, 1.807) is 11.8 Å². The first-order valence-electron chi connectivity index (χ1n) is 9.13. The molecule has 0 saturated carbocycles. The van der Waals surface area contributed by atoms with Crippen LogP contribution in [0.4, 0.5) is 0 Å². The highest BCUT2D eigenvalue weighted by atomic mass is 32.2. The second kappa shape index (κ2) is 7.86. The van der Waals surface area contributed by atoms with Crippen LogP contribution in [-0.2, 0) is 9.53 Å².